The van der Waals surface area contributed by atoms with Gasteiger partial charge in [-0.3, -0.25) is 24.4 Å². The number of aliphatic hydroxyl groups excluding tert-OH is 2. The van der Waals surface area contributed by atoms with Crippen LogP contribution >= 0.6 is 24.8 Å². The predicted molar refractivity (Wildman–Crippen MR) is 208 cm³/mol. The zero-order chi connectivity index (χ0) is 37.8. The summed E-state index contributed by atoms with van der Waals surface area (Å²) in [5.74, 6) is -1.77. The van der Waals surface area contributed by atoms with Crippen molar-refractivity contribution in [2.45, 2.75) is 38.5 Å². The quantitative estimate of drug-likeness (QED) is 0.127. The highest BCUT2D eigenvalue weighted by Gasteiger charge is 2.23. The van der Waals surface area contributed by atoms with Crippen molar-refractivity contribution in [2.24, 2.45) is 9.98 Å². The largest absolute Gasteiger partial charge is 1.00 e. The van der Waals surface area contributed by atoms with Gasteiger partial charge in [-0.05, 0) is 43.7 Å². The Kier molecular flexibility index (Phi) is 19.3. The fourth-order valence-corrected chi connectivity index (χ4v) is 4.93. The van der Waals surface area contributed by atoms with Crippen molar-refractivity contribution < 1.29 is 51.6 Å². The first-order chi connectivity index (χ1) is 24.8. The zero-order valence-electron chi connectivity index (χ0n) is 30.6. The molecule has 1 aromatic carbocycles. The van der Waals surface area contributed by atoms with Gasteiger partial charge in [0.1, 0.15) is 17.4 Å². The van der Waals surface area contributed by atoms with E-state index < -0.39 is 55.0 Å². The summed E-state index contributed by atoms with van der Waals surface area (Å²) in [4.78, 5) is 63.4. The normalized spacial score (nSPS) is 16.0. The van der Waals surface area contributed by atoms with Crippen LogP contribution in [0.2, 0.25) is 0 Å². The van der Waals surface area contributed by atoms with Crippen molar-refractivity contribution in [1.29, 1.82) is 0 Å². The molecule has 2 aliphatic rings. The third kappa shape index (κ3) is 14.9. The summed E-state index contributed by atoms with van der Waals surface area (Å²) in [6.07, 6.45) is 1.33. The van der Waals surface area contributed by atoms with Crippen LogP contribution in [0.25, 0.3) is 0 Å². The van der Waals surface area contributed by atoms with Crippen molar-refractivity contribution in [2.75, 3.05) is 43.4 Å². The van der Waals surface area contributed by atoms with E-state index in [1.54, 1.807) is 26.0 Å². The molecule has 0 radical (unpaired) electrons. The van der Waals surface area contributed by atoms with Gasteiger partial charge in [-0.1, -0.05) is 17.7 Å². The zero-order valence-corrected chi connectivity index (χ0v) is 31.2. The van der Waals surface area contributed by atoms with E-state index in [1.807, 2.05) is 0 Å². The molecule has 4 heterocycles. The van der Waals surface area contributed by atoms with E-state index in [0.717, 1.165) is 5.56 Å². The number of hydrogen-bond acceptors (Lipinski definition) is 15. The molecule has 2 aromatic heterocycles. The number of phenolic OH excluding ortho intramolecular Hbond substituents is 1. The first kappa shape index (κ1) is 47.2. The molecule has 55 heavy (non-hydrogen) atoms. The molecule has 2 aliphatic heterocycles. The molecule has 5 rings (SSSR count). The number of aliphatic hydroxyl groups is 2. The lowest BCUT2D eigenvalue weighted by Crippen LogP contribution is -2.42. The second-order valence-corrected chi connectivity index (χ2v) is 11.8. The second-order valence-electron chi connectivity index (χ2n) is 11.8. The van der Waals surface area contributed by atoms with E-state index in [0.29, 0.717) is 54.3 Å². The molecule has 0 saturated carbocycles. The van der Waals surface area contributed by atoms with Gasteiger partial charge in [0, 0.05) is 36.6 Å². The number of guanidine groups is 2. The molecule has 0 aliphatic carbocycles. The van der Waals surface area contributed by atoms with Gasteiger partial charge in [-0.2, -0.15) is 0 Å². The molecule has 300 valence electrons. The summed E-state index contributed by atoms with van der Waals surface area (Å²) in [5, 5.41) is 63.8. The maximum atomic E-state index is 12.6. The molecule has 0 saturated heterocycles. The lowest BCUT2D eigenvalue weighted by atomic mass is 9.97. The SMILES string of the molecule is Cc1cc(C)c(O)c(C(CC(=O)O)NC(=O)CNC(=O)c2ccnc(NC3=NCC(O)CN3)c2)c1.Cl.Cl.O.O=C(O)c1ccnc(NC2=NCC(O)CN2)c1.[H+]. The first-order valence-electron chi connectivity index (χ1n) is 16.0. The van der Waals surface area contributed by atoms with Crippen LogP contribution in [-0.4, -0.2) is 122 Å². The number of aliphatic carboxylic acids is 1. The van der Waals surface area contributed by atoms with E-state index in [1.165, 1.54) is 36.7 Å². The van der Waals surface area contributed by atoms with Crippen molar-refractivity contribution >= 4 is 72.1 Å². The molecule has 22 heteroatoms. The second kappa shape index (κ2) is 22.4. The molecule has 2 amide bonds. The average molecular weight is 813 g/mol. The Labute approximate surface area is 328 Å². The minimum Gasteiger partial charge on any atom is -0.507 e. The van der Waals surface area contributed by atoms with Crippen molar-refractivity contribution in [1.82, 2.24) is 31.2 Å². The van der Waals surface area contributed by atoms with Crippen molar-refractivity contribution in [3.63, 3.8) is 0 Å². The van der Waals surface area contributed by atoms with Gasteiger partial charge in [0.05, 0.1) is 49.9 Å². The van der Waals surface area contributed by atoms with Crippen LogP contribution in [0.5, 0.6) is 5.75 Å². The van der Waals surface area contributed by atoms with Crippen LogP contribution in [0.15, 0.2) is 58.8 Å². The van der Waals surface area contributed by atoms with Crippen LogP contribution in [-0.2, 0) is 9.59 Å². The number of carbonyl (C=O) groups excluding carboxylic acids is 2. The third-order valence-corrected chi connectivity index (χ3v) is 7.43. The Morgan fingerprint density at radius 2 is 1.38 bits per heavy atom. The summed E-state index contributed by atoms with van der Waals surface area (Å²) in [6.45, 7) is 4.38. The van der Waals surface area contributed by atoms with Gasteiger partial charge < -0.3 is 62.9 Å². The molecule has 3 unspecified atom stereocenters. The molecule has 20 nitrogen and oxygen atoms in total. The number of amides is 2. The number of phenols is 1. The molecule has 0 bridgehead atoms. The van der Waals surface area contributed by atoms with Crippen LogP contribution in [0, 0.1) is 13.8 Å². The van der Waals surface area contributed by atoms with Crippen molar-refractivity contribution in [3.8, 4) is 5.75 Å². The van der Waals surface area contributed by atoms with E-state index in [9.17, 15) is 39.6 Å². The van der Waals surface area contributed by atoms with E-state index in [2.05, 4.69) is 51.9 Å². The van der Waals surface area contributed by atoms with Crippen LogP contribution in [0.3, 0.4) is 0 Å². The van der Waals surface area contributed by atoms with Crippen LogP contribution in [0.4, 0.5) is 11.6 Å². The maximum Gasteiger partial charge on any atom is 1.00 e. The number of nitrogens with zero attached hydrogens (tertiary/aromatic N) is 4. The van der Waals surface area contributed by atoms with E-state index in [4.69, 9.17) is 5.11 Å². The Morgan fingerprint density at radius 3 is 1.87 bits per heavy atom. The number of carboxylic acid groups (broad SMARTS) is 2. The maximum absolute atomic E-state index is 12.6. The fourth-order valence-electron chi connectivity index (χ4n) is 4.93. The topological polar surface area (TPSA) is 324 Å². The summed E-state index contributed by atoms with van der Waals surface area (Å²) in [5.41, 5.74) is 2.05. The van der Waals surface area contributed by atoms with Gasteiger partial charge >= 0.3 is 13.4 Å². The molecule has 3 aromatic rings. The highest BCUT2D eigenvalue weighted by Crippen LogP contribution is 2.31. The summed E-state index contributed by atoms with van der Waals surface area (Å²) in [6, 6.07) is 8.16. The number of pyridine rings is 2. The number of aromatic nitrogens is 2. The predicted octanol–water partition coefficient (Wildman–Crippen LogP) is -0.159. The number of halogens is 2. The summed E-state index contributed by atoms with van der Waals surface area (Å²) >= 11 is 0. The molecule has 3 atom stereocenters. The first-order valence-corrected chi connectivity index (χ1v) is 16.0. The van der Waals surface area contributed by atoms with E-state index >= 15 is 0 Å². The third-order valence-electron chi connectivity index (χ3n) is 7.43. The fraction of sp³-hybridized carbons (Fsp3) is 0.333. The minimum atomic E-state index is -1.15. The van der Waals surface area contributed by atoms with Gasteiger partial charge in [-0.15, -0.1) is 24.8 Å². The number of aliphatic imine (C=N–C) groups is 2. The standard InChI is InChI=1S/C23H28N6O6.C10H12N4O3.2ClH.H2O/c1-12-5-13(2)21(34)16(6-12)17(8-20(32)33)28-19(31)11-25-22(35)14-3-4-24-18(7-14)29-23-26-9-15(30)10-27-23;15-7-4-12-10(13-5-7)14-8-3-6(9(16)17)1-2-11-8;;;/h3-7,15,17,30,34H,8-11H2,1-2H3,(H,25,35)(H,28,31)(H,32,33)(H2,24,26,27,29);1-3,7,15H,4-5H2,(H,16,17)(H2,11,12,13,14);2*1H;1H2/p+1. The number of aryl methyl sites for hydroxylation is 2. The minimum absolute atomic E-state index is 0. The summed E-state index contributed by atoms with van der Waals surface area (Å²) in [7, 11) is 0. The Morgan fingerprint density at radius 1 is 0.855 bits per heavy atom. The smallest absolute Gasteiger partial charge is 0.507 e. The number of β-amino-alcohol motifs (C(OH)–C–C–N with tert-alkyl or cyclic N) is 2. The number of carboxylic acids is 2. The van der Waals surface area contributed by atoms with Crippen molar-refractivity contribution in [3.05, 3.63) is 76.6 Å². The van der Waals surface area contributed by atoms with Gasteiger partial charge in [0.15, 0.2) is 11.9 Å². The van der Waals surface area contributed by atoms with Crippen LogP contribution in [0.1, 0.15) is 51.3 Å². The molecule has 13 N–H and O–H groups in total. The number of carbonyl (C=O) groups is 4. The highest BCUT2D eigenvalue weighted by atomic mass is 35.5. The Hall–Kier alpha value is -5.80. The number of aromatic carboxylic acids is 1. The molecule has 0 spiro atoms. The van der Waals surface area contributed by atoms with Gasteiger partial charge in [-0.25, -0.2) is 14.8 Å². The number of benzene rings is 1. The Balaban J connectivity index is 0.00000122. The number of anilines is 2. The Bertz CT molecular complexity index is 1870. The van der Waals surface area contributed by atoms with Crippen LogP contribution < -0.4 is 31.9 Å². The highest BCUT2D eigenvalue weighted by molar-refractivity contribution is 5.99. The number of rotatable bonds is 10. The molecular formula is C33H45Cl2N10O10+. The number of aromatic hydroxyl groups is 1. The van der Waals surface area contributed by atoms with Gasteiger partial charge in [0.2, 0.25) is 5.91 Å². The van der Waals surface area contributed by atoms with E-state index in [-0.39, 0.29) is 55.1 Å². The number of hydrogen-bond donors (Lipinski definition) is 11. The average Bonchev–Trinajstić information content (AvgIpc) is 3.11. The monoisotopic (exact) mass is 811 g/mol. The molecular weight excluding hydrogens is 767 g/mol. The lowest BCUT2D eigenvalue weighted by Gasteiger charge is -2.20. The van der Waals surface area contributed by atoms with Gasteiger partial charge in [0.25, 0.3) is 5.91 Å². The lowest BCUT2D eigenvalue weighted by molar-refractivity contribution is -0.137. The molecule has 0 fully saturated rings. The number of nitrogens with one attached hydrogen (secondary N) is 6. The summed E-state index contributed by atoms with van der Waals surface area (Å²) < 4.78 is 0.